The van der Waals surface area contributed by atoms with Gasteiger partial charge in [0.15, 0.2) is 0 Å². The van der Waals surface area contributed by atoms with Gasteiger partial charge in [-0.2, -0.15) is 0 Å². The van der Waals surface area contributed by atoms with E-state index in [4.69, 9.17) is 4.74 Å². The van der Waals surface area contributed by atoms with Crippen molar-refractivity contribution in [3.63, 3.8) is 0 Å². The van der Waals surface area contributed by atoms with Crippen molar-refractivity contribution < 1.29 is 13.9 Å². The smallest absolute Gasteiger partial charge is 0.255 e. The van der Waals surface area contributed by atoms with E-state index in [9.17, 15) is 9.18 Å². The van der Waals surface area contributed by atoms with Crippen molar-refractivity contribution in [2.75, 3.05) is 13.2 Å². The summed E-state index contributed by atoms with van der Waals surface area (Å²) < 4.78 is 19.5. The first-order chi connectivity index (χ1) is 8.52. The number of rotatable bonds is 2. The predicted octanol–water partition coefficient (Wildman–Crippen LogP) is 2.89. The Kier molecular flexibility index (Phi) is 4.02. The Morgan fingerprint density at radius 1 is 1.56 bits per heavy atom. The molecule has 1 aromatic carbocycles. The van der Waals surface area contributed by atoms with E-state index < -0.39 is 17.3 Å². The average molecular weight is 316 g/mol. The number of carbonyl (C=O) groups is 1. The highest BCUT2D eigenvalue weighted by Crippen LogP contribution is 2.23. The van der Waals surface area contributed by atoms with Gasteiger partial charge >= 0.3 is 0 Å². The van der Waals surface area contributed by atoms with Gasteiger partial charge in [-0.15, -0.1) is 0 Å². The summed E-state index contributed by atoms with van der Waals surface area (Å²) >= 11 is 3.20. The fraction of sp³-hybridized carbons (Fsp3) is 0.462. The number of amides is 1. The molecule has 1 amide bonds. The third-order valence-electron chi connectivity index (χ3n) is 3.04. The quantitative estimate of drug-likeness (QED) is 0.911. The predicted molar refractivity (Wildman–Crippen MR) is 70.0 cm³/mol. The molecule has 1 aliphatic rings. The highest BCUT2D eigenvalue weighted by atomic mass is 79.9. The number of nitrogens with one attached hydrogen (secondary N) is 1. The van der Waals surface area contributed by atoms with Crippen LogP contribution in [0.2, 0.25) is 0 Å². The topological polar surface area (TPSA) is 38.3 Å². The van der Waals surface area contributed by atoms with Gasteiger partial charge in [0.1, 0.15) is 5.82 Å². The van der Waals surface area contributed by atoms with E-state index in [0.717, 1.165) is 19.4 Å². The van der Waals surface area contributed by atoms with E-state index in [1.165, 1.54) is 6.07 Å². The third kappa shape index (κ3) is 2.90. The number of hydrogen-bond acceptors (Lipinski definition) is 2. The largest absolute Gasteiger partial charge is 0.379 e. The molecule has 1 N–H and O–H groups in total. The van der Waals surface area contributed by atoms with Gasteiger partial charge in [0.05, 0.1) is 17.7 Å². The first kappa shape index (κ1) is 13.5. The van der Waals surface area contributed by atoms with Crippen LogP contribution in [0.3, 0.4) is 0 Å². The zero-order valence-electron chi connectivity index (χ0n) is 10.1. The van der Waals surface area contributed by atoms with Gasteiger partial charge in [-0.3, -0.25) is 4.79 Å². The van der Waals surface area contributed by atoms with Crippen LogP contribution < -0.4 is 5.32 Å². The molecular formula is C13H15BrFNO2. The molecule has 18 heavy (non-hydrogen) atoms. The number of halogens is 2. The molecule has 0 saturated carbocycles. The van der Waals surface area contributed by atoms with Crippen molar-refractivity contribution >= 4 is 21.8 Å². The second-order valence-electron chi connectivity index (χ2n) is 4.77. The molecule has 1 aliphatic heterocycles. The molecule has 0 bridgehead atoms. The van der Waals surface area contributed by atoms with E-state index >= 15 is 0 Å². The molecule has 0 spiro atoms. The fourth-order valence-electron chi connectivity index (χ4n) is 2.08. The second kappa shape index (κ2) is 5.36. The second-order valence-corrected chi connectivity index (χ2v) is 5.62. The minimum atomic E-state index is -0.526. The van der Waals surface area contributed by atoms with Gasteiger partial charge in [-0.1, -0.05) is 6.07 Å². The summed E-state index contributed by atoms with van der Waals surface area (Å²) in [5, 5.41) is 2.86. The standard InChI is InChI=1S/C13H15BrFNO2/c1-13(6-3-7-18-8-13)16-12(17)11-9(14)4-2-5-10(11)15/h2,4-5H,3,6-8H2,1H3,(H,16,17). The van der Waals surface area contributed by atoms with Crippen LogP contribution in [0.4, 0.5) is 4.39 Å². The zero-order valence-corrected chi connectivity index (χ0v) is 11.7. The lowest BCUT2D eigenvalue weighted by atomic mass is 9.94. The van der Waals surface area contributed by atoms with Gasteiger partial charge in [0.2, 0.25) is 0 Å². The molecule has 1 saturated heterocycles. The van der Waals surface area contributed by atoms with Crippen LogP contribution in [0.5, 0.6) is 0 Å². The van der Waals surface area contributed by atoms with Crippen LogP contribution in [0, 0.1) is 5.82 Å². The van der Waals surface area contributed by atoms with E-state index in [1.807, 2.05) is 6.92 Å². The van der Waals surface area contributed by atoms with Gasteiger partial charge in [-0.05, 0) is 47.8 Å². The first-order valence-corrected chi connectivity index (χ1v) is 6.65. The third-order valence-corrected chi connectivity index (χ3v) is 3.70. The molecule has 0 aliphatic carbocycles. The summed E-state index contributed by atoms with van der Waals surface area (Å²) in [7, 11) is 0. The fourth-order valence-corrected chi connectivity index (χ4v) is 2.61. The summed E-state index contributed by atoms with van der Waals surface area (Å²) in [5.74, 6) is -0.935. The Labute approximate surface area is 114 Å². The van der Waals surface area contributed by atoms with Crippen LogP contribution in [-0.4, -0.2) is 24.7 Å². The summed E-state index contributed by atoms with van der Waals surface area (Å²) in [6.07, 6.45) is 1.74. The van der Waals surface area contributed by atoms with Crippen LogP contribution in [0.1, 0.15) is 30.1 Å². The highest BCUT2D eigenvalue weighted by molar-refractivity contribution is 9.10. The molecule has 98 valence electrons. The summed E-state index contributed by atoms with van der Waals surface area (Å²) in [6.45, 7) is 3.10. The van der Waals surface area contributed by atoms with Crippen molar-refractivity contribution in [3.8, 4) is 0 Å². The molecule has 3 nitrogen and oxygen atoms in total. The van der Waals surface area contributed by atoms with Crippen LogP contribution >= 0.6 is 15.9 Å². The van der Waals surface area contributed by atoms with E-state index in [1.54, 1.807) is 12.1 Å². The SMILES string of the molecule is CC1(NC(=O)c2c(F)cccc2Br)CCCOC1. The minimum absolute atomic E-state index is 0.0456. The Balaban J connectivity index is 2.17. The number of benzene rings is 1. The summed E-state index contributed by atoms with van der Waals surface area (Å²) in [6, 6.07) is 4.48. The number of hydrogen-bond donors (Lipinski definition) is 1. The molecular weight excluding hydrogens is 301 g/mol. The summed E-state index contributed by atoms with van der Waals surface area (Å²) in [5.41, 5.74) is -0.374. The van der Waals surface area contributed by atoms with Gasteiger partial charge in [0, 0.05) is 11.1 Å². The van der Waals surface area contributed by atoms with Crippen LogP contribution in [0.15, 0.2) is 22.7 Å². The van der Waals surface area contributed by atoms with Gasteiger partial charge in [0.25, 0.3) is 5.91 Å². The molecule has 1 aromatic rings. The molecule has 0 aromatic heterocycles. The Bertz CT molecular complexity index is 438. The molecule has 1 atom stereocenters. The maximum Gasteiger partial charge on any atom is 0.255 e. The number of ether oxygens (including phenoxy) is 1. The maximum atomic E-state index is 13.7. The lowest BCUT2D eigenvalue weighted by Gasteiger charge is -2.34. The van der Waals surface area contributed by atoms with Gasteiger partial charge in [-0.25, -0.2) is 4.39 Å². The Hall–Kier alpha value is -0.940. The highest BCUT2D eigenvalue weighted by Gasteiger charge is 2.30. The molecule has 1 heterocycles. The Morgan fingerprint density at radius 2 is 2.33 bits per heavy atom. The van der Waals surface area contributed by atoms with Crippen molar-refractivity contribution in [1.29, 1.82) is 0 Å². The van der Waals surface area contributed by atoms with Crippen molar-refractivity contribution in [2.24, 2.45) is 0 Å². The van der Waals surface area contributed by atoms with Crippen LogP contribution in [0.25, 0.3) is 0 Å². The lowest BCUT2D eigenvalue weighted by Crippen LogP contribution is -2.51. The van der Waals surface area contributed by atoms with Crippen molar-refractivity contribution in [2.45, 2.75) is 25.3 Å². The Morgan fingerprint density at radius 3 is 2.94 bits per heavy atom. The average Bonchev–Trinajstić information content (AvgIpc) is 2.28. The van der Waals surface area contributed by atoms with Gasteiger partial charge < -0.3 is 10.1 Å². The van der Waals surface area contributed by atoms with Crippen molar-refractivity contribution in [3.05, 3.63) is 34.1 Å². The van der Waals surface area contributed by atoms with E-state index in [2.05, 4.69) is 21.2 Å². The minimum Gasteiger partial charge on any atom is -0.379 e. The summed E-state index contributed by atoms with van der Waals surface area (Å²) in [4.78, 5) is 12.1. The van der Waals surface area contributed by atoms with Crippen LogP contribution in [-0.2, 0) is 4.74 Å². The normalized spacial score (nSPS) is 23.7. The maximum absolute atomic E-state index is 13.7. The van der Waals surface area contributed by atoms with Crippen molar-refractivity contribution in [1.82, 2.24) is 5.32 Å². The monoisotopic (exact) mass is 315 g/mol. The molecule has 1 unspecified atom stereocenters. The molecule has 0 radical (unpaired) electrons. The molecule has 2 rings (SSSR count). The zero-order chi connectivity index (χ0) is 13.2. The van der Waals surface area contributed by atoms with E-state index in [0.29, 0.717) is 11.1 Å². The number of carbonyl (C=O) groups excluding carboxylic acids is 1. The lowest BCUT2D eigenvalue weighted by molar-refractivity contribution is 0.0271. The molecule has 1 fully saturated rings. The van der Waals surface area contributed by atoms with E-state index in [-0.39, 0.29) is 5.56 Å². The first-order valence-electron chi connectivity index (χ1n) is 5.86. The molecule has 5 heteroatoms.